The molecule has 0 aromatic rings. The molecule has 0 heterocycles. The summed E-state index contributed by atoms with van der Waals surface area (Å²) >= 11 is 0. The molecule has 156 valence electrons. The molecular weight excluding hydrogens is 358 g/mol. The molecule has 0 radical (unpaired) electrons. The molecule has 0 aliphatic heterocycles. The predicted molar refractivity (Wildman–Crippen MR) is 95.6 cm³/mol. The van der Waals surface area contributed by atoms with Crippen molar-refractivity contribution in [3.05, 3.63) is 0 Å². The Morgan fingerprint density at radius 2 is 1.56 bits per heavy atom. The Morgan fingerprint density at radius 1 is 0.889 bits per heavy atom. The van der Waals surface area contributed by atoms with Crippen molar-refractivity contribution in [3.63, 3.8) is 0 Å². The van der Waals surface area contributed by atoms with Gasteiger partial charge in [-0.15, -0.1) is 0 Å². The molecule has 0 fully saturated rings. The number of nitrogens with one attached hydrogen (secondary N) is 1. The van der Waals surface area contributed by atoms with Crippen LogP contribution in [0.15, 0.2) is 0 Å². The number of esters is 3. The van der Waals surface area contributed by atoms with Gasteiger partial charge in [0, 0.05) is 12.8 Å². The fourth-order valence-corrected chi connectivity index (χ4v) is 1.89. The maximum Gasteiger partial charge on any atom is 0.306 e. The standard InChI is InChI=1S/C18H31NO8/c1-3-5-7-15(21)19-10-11-25-17(23)8-9-18(24)27-14(12-20)13-26-16(22)6-4-2/h14,20H,3-13H2,1-2H3,(H,19,21). The molecule has 1 atom stereocenters. The van der Waals surface area contributed by atoms with E-state index in [9.17, 15) is 19.2 Å². The van der Waals surface area contributed by atoms with Crippen LogP contribution in [0.3, 0.4) is 0 Å². The molecule has 27 heavy (non-hydrogen) atoms. The first-order valence-corrected chi connectivity index (χ1v) is 9.31. The van der Waals surface area contributed by atoms with Gasteiger partial charge in [0.1, 0.15) is 13.2 Å². The third-order valence-electron chi connectivity index (χ3n) is 3.36. The summed E-state index contributed by atoms with van der Waals surface area (Å²) in [6.07, 6.45) is 1.68. The number of hydrogen-bond donors (Lipinski definition) is 2. The fraction of sp³-hybridized carbons (Fsp3) is 0.778. The molecule has 2 N–H and O–H groups in total. The Bertz CT molecular complexity index is 466. The molecule has 0 rings (SSSR count). The van der Waals surface area contributed by atoms with E-state index in [1.54, 1.807) is 0 Å². The van der Waals surface area contributed by atoms with Crippen LogP contribution in [0.5, 0.6) is 0 Å². The highest BCUT2D eigenvalue weighted by Crippen LogP contribution is 2.02. The van der Waals surface area contributed by atoms with E-state index in [2.05, 4.69) is 5.32 Å². The summed E-state index contributed by atoms with van der Waals surface area (Å²) in [5.74, 6) is -1.82. The van der Waals surface area contributed by atoms with Gasteiger partial charge >= 0.3 is 17.9 Å². The van der Waals surface area contributed by atoms with Gasteiger partial charge in [-0.3, -0.25) is 19.2 Å². The van der Waals surface area contributed by atoms with Gasteiger partial charge in [-0.2, -0.15) is 0 Å². The molecule has 9 heteroatoms. The van der Waals surface area contributed by atoms with E-state index >= 15 is 0 Å². The largest absolute Gasteiger partial charge is 0.464 e. The van der Waals surface area contributed by atoms with Crippen molar-refractivity contribution >= 4 is 23.8 Å². The Balaban J connectivity index is 3.86. The van der Waals surface area contributed by atoms with Crippen LogP contribution in [0.25, 0.3) is 0 Å². The molecule has 0 aromatic heterocycles. The van der Waals surface area contributed by atoms with Crippen molar-refractivity contribution in [2.75, 3.05) is 26.4 Å². The minimum atomic E-state index is -0.965. The van der Waals surface area contributed by atoms with E-state index in [4.69, 9.17) is 19.3 Å². The zero-order valence-corrected chi connectivity index (χ0v) is 16.2. The maximum atomic E-state index is 11.7. The fourth-order valence-electron chi connectivity index (χ4n) is 1.89. The lowest BCUT2D eigenvalue weighted by Crippen LogP contribution is -2.29. The number of carbonyl (C=O) groups is 4. The summed E-state index contributed by atoms with van der Waals surface area (Å²) in [5.41, 5.74) is 0. The average molecular weight is 389 g/mol. The van der Waals surface area contributed by atoms with Crippen LogP contribution in [0, 0.1) is 0 Å². The van der Waals surface area contributed by atoms with Crippen LogP contribution in [-0.2, 0) is 33.4 Å². The highest BCUT2D eigenvalue weighted by Gasteiger charge is 2.17. The second kappa shape index (κ2) is 16.0. The molecule has 0 aliphatic carbocycles. The SMILES string of the molecule is CCCCC(=O)NCCOC(=O)CCC(=O)OC(CO)COC(=O)CCC. The molecule has 0 saturated heterocycles. The first-order chi connectivity index (χ1) is 12.9. The number of carbonyl (C=O) groups excluding carboxylic acids is 4. The topological polar surface area (TPSA) is 128 Å². The summed E-state index contributed by atoms with van der Waals surface area (Å²) in [6.45, 7) is 3.33. The summed E-state index contributed by atoms with van der Waals surface area (Å²) in [6, 6.07) is 0. The van der Waals surface area contributed by atoms with Gasteiger partial charge in [0.25, 0.3) is 0 Å². The van der Waals surface area contributed by atoms with E-state index in [0.717, 1.165) is 12.8 Å². The number of amides is 1. The first-order valence-electron chi connectivity index (χ1n) is 9.31. The van der Waals surface area contributed by atoms with Crippen molar-refractivity contribution in [3.8, 4) is 0 Å². The lowest BCUT2D eigenvalue weighted by molar-refractivity contribution is -0.162. The lowest BCUT2D eigenvalue weighted by Gasteiger charge is -2.15. The molecular formula is C18H31NO8. The second-order valence-corrected chi connectivity index (χ2v) is 5.90. The van der Waals surface area contributed by atoms with Crippen LogP contribution in [-0.4, -0.2) is 61.4 Å². The zero-order chi connectivity index (χ0) is 20.5. The number of unbranched alkanes of at least 4 members (excludes halogenated alkanes) is 1. The van der Waals surface area contributed by atoms with Gasteiger partial charge in [-0.1, -0.05) is 20.3 Å². The predicted octanol–water partition coefficient (Wildman–Crippen LogP) is 0.864. The molecule has 9 nitrogen and oxygen atoms in total. The monoisotopic (exact) mass is 389 g/mol. The molecule has 0 bridgehead atoms. The van der Waals surface area contributed by atoms with Crippen molar-refractivity contribution in [1.82, 2.24) is 5.32 Å². The van der Waals surface area contributed by atoms with Crippen molar-refractivity contribution < 1.29 is 38.5 Å². The molecule has 0 saturated carbocycles. The lowest BCUT2D eigenvalue weighted by atomic mass is 10.2. The molecule has 0 spiro atoms. The first kappa shape index (κ1) is 24.8. The molecule has 0 aliphatic rings. The number of ether oxygens (including phenoxy) is 3. The minimum absolute atomic E-state index is 0.0262. The van der Waals surface area contributed by atoms with Gasteiger partial charge in [-0.05, 0) is 12.8 Å². The summed E-state index contributed by atoms with van der Waals surface area (Å²) in [7, 11) is 0. The van der Waals surface area contributed by atoms with E-state index in [0.29, 0.717) is 12.8 Å². The summed E-state index contributed by atoms with van der Waals surface area (Å²) in [4.78, 5) is 45.8. The van der Waals surface area contributed by atoms with E-state index in [1.807, 2.05) is 13.8 Å². The quantitative estimate of drug-likeness (QED) is 0.240. The minimum Gasteiger partial charge on any atom is -0.464 e. The van der Waals surface area contributed by atoms with Crippen LogP contribution < -0.4 is 5.32 Å². The molecule has 1 unspecified atom stereocenters. The summed E-state index contributed by atoms with van der Waals surface area (Å²) < 4.78 is 14.7. The number of hydrogen-bond acceptors (Lipinski definition) is 8. The summed E-state index contributed by atoms with van der Waals surface area (Å²) in [5, 5.41) is 11.8. The highest BCUT2D eigenvalue weighted by molar-refractivity contribution is 5.78. The highest BCUT2D eigenvalue weighted by atomic mass is 16.6. The van der Waals surface area contributed by atoms with Crippen molar-refractivity contribution in [2.24, 2.45) is 0 Å². The average Bonchev–Trinajstić information content (AvgIpc) is 2.65. The van der Waals surface area contributed by atoms with Gasteiger partial charge < -0.3 is 24.6 Å². The second-order valence-electron chi connectivity index (χ2n) is 5.90. The van der Waals surface area contributed by atoms with Crippen LogP contribution in [0.2, 0.25) is 0 Å². The third-order valence-corrected chi connectivity index (χ3v) is 3.36. The van der Waals surface area contributed by atoms with Crippen LogP contribution in [0.4, 0.5) is 0 Å². The van der Waals surface area contributed by atoms with E-state index in [-0.39, 0.29) is 44.9 Å². The number of aliphatic hydroxyl groups excluding tert-OH is 1. The number of aliphatic hydroxyl groups is 1. The molecule has 0 aromatic carbocycles. The Hall–Kier alpha value is -2.16. The van der Waals surface area contributed by atoms with Gasteiger partial charge in [0.2, 0.25) is 5.91 Å². The van der Waals surface area contributed by atoms with Crippen LogP contribution >= 0.6 is 0 Å². The number of rotatable bonds is 15. The smallest absolute Gasteiger partial charge is 0.306 e. The third kappa shape index (κ3) is 14.7. The zero-order valence-electron chi connectivity index (χ0n) is 16.2. The maximum absolute atomic E-state index is 11.7. The van der Waals surface area contributed by atoms with Gasteiger partial charge in [-0.25, -0.2) is 0 Å². The molecule has 1 amide bonds. The van der Waals surface area contributed by atoms with Gasteiger partial charge in [0.05, 0.1) is 26.0 Å². The van der Waals surface area contributed by atoms with Gasteiger partial charge in [0.15, 0.2) is 6.10 Å². The Labute approximate surface area is 159 Å². The van der Waals surface area contributed by atoms with Crippen molar-refractivity contribution in [1.29, 1.82) is 0 Å². The normalized spacial score (nSPS) is 11.4. The Morgan fingerprint density at radius 3 is 2.19 bits per heavy atom. The van der Waals surface area contributed by atoms with E-state index < -0.39 is 30.6 Å². The van der Waals surface area contributed by atoms with Crippen molar-refractivity contribution in [2.45, 2.75) is 64.9 Å². The Kier molecular flexibility index (Phi) is 14.8. The van der Waals surface area contributed by atoms with Crippen LogP contribution in [0.1, 0.15) is 58.8 Å². The van der Waals surface area contributed by atoms with E-state index in [1.165, 1.54) is 0 Å².